The predicted octanol–water partition coefficient (Wildman–Crippen LogP) is 2.10. The lowest BCUT2D eigenvalue weighted by atomic mass is 10.1. The standard InChI is InChI=1S/C12H16ClNO2/c1-14(7-8-16-2)9-12(15)10-5-3-4-6-11(10)13/h3-6H,7-9H2,1-2H3. The molecule has 0 radical (unpaired) electrons. The van der Waals surface area contributed by atoms with Gasteiger partial charge in [0.15, 0.2) is 5.78 Å². The van der Waals surface area contributed by atoms with Gasteiger partial charge in [0.1, 0.15) is 0 Å². The molecule has 16 heavy (non-hydrogen) atoms. The summed E-state index contributed by atoms with van der Waals surface area (Å²) in [6.07, 6.45) is 0. The van der Waals surface area contributed by atoms with Crippen LogP contribution in [0.1, 0.15) is 10.4 Å². The van der Waals surface area contributed by atoms with E-state index < -0.39 is 0 Å². The van der Waals surface area contributed by atoms with Crippen molar-refractivity contribution >= 4 is 17.4 Å². The first-order chi connectivity index (χ1) is 7.65. The van der Waals surface area contributed by atoms with Crippen molar-refractivity contribution in [3.05, 3.63) is 34.9 Å². The van der Waals surface area contributed by atoms with Gasteiger partial charge in [-0.15, -0.1) is 0 Å². The summed E-state index contributed by atoms with van der Waals surface area (Å²) in [7, 11) is 3.53. The minimum Gasteiger partial charge on any atom is -0.383 e. The zero-order chi connectivity index (χ0) is 12.0. The monoisotopic (exact) mass is 241 g/mol. The van der Waals surface area contributed by atoms with E-state index >= 15 is 0 Å². The topological polar surface area (TPSA) is 29.5 Å². The highest BCUT2D eigenvalue weighted by Crippen LogP contribution is 2.15. The fourth-order valence-electron chi connectivity index (χ4n) is 1.34. The summed E-state index contributed by atoms with van der Waals surface area (Å²) < 4.78 is 4.94. The molecule has 0 fully saturated rings. The molecule has 0 spiro atoms. The smallest absolute Gasteiger partial charge is 0.178 e. The molecule has 4 heteroatoms. The van der Waals surface area contributed by atoms with Crippen LogP contribution < -0.4 is 0 Å². The Labute approximate surface area is 101 Å². The highest BCUT2D eigenvalue weighted by Gasteiger charge is 2.11. The molecule has 88 valence electrons. The van der Waals surface area contributed by atoms with Gasteiger partial charge in [-0.25, -0.2) is 0 Å². The maximum atomic E-state index is 11.9. The number of carbonyl (C=O) groups excluding carboxylic acids is 1. The molecule has 0 saturated heterocycles. The molecule has 0 N–H and O–H groups in total. The van der Waals surface area contributed by atoms with Crippen LogP contribution in [0.2, 0.25) is 5.02 Å². The van der Waals surface area contributed by atoms with Crippen molar-refractivity contribution in [3.8, 4) is 0 Å². The summed E-state index contributed by atoms with van der Waals surface area (Å²) in [6.45, 7) is 1.70. The molecule has 0 aliphatic carbocycles. The van der Waals surface area contributed by atoms with Gasteiger partial charge in [0.25, 0.3) is 0 Å². The van der Waals surface area contributed by atoms with Crippen LogP contribution in [0.25, 0.3) is 0 Å². The number of hydrogen-bond acceptors (Lipinski definition) is 3. The van der Waals surface area contributed by atoms with Gasteiger partial charge in [0.05, 0.1) is 18.2 Å². The second kappa shape index (κ2) is 6.63. The van der Waals surface area contributed by atoms with Crippen LogP contribution in [0, 0.1) is 0 Å². The van der Waals surface area contributed by atoms with Crippen molar-refractivity contribution in [3.63, 3.8) is 0 Å². The Morgan fingerprint density at radius 2 is 2.12 bits per heavy atom. The van der Waals surface area contributed by atoms with E-state index in [2.05, 4.69) is 0 Å². The van der Waals surface area contributed by atoms with Crippen LogP contribution in [-0.4, -0.2) is 44.5 Å². The Morgan fingerprint density at radius 3 is 2.75 bits per heavy atom. The zero-order valence-corrected chi connectivity index (χ0v) is 10.3. The molecular weight excluding hydrogens is 226 g/mol. The lowest BCUT2D eigenvalue weighted by Gasteiger charge is -2.15. The van der Waals surface area contributed by atoms with Crippen molar-refractivity contribution in [2.45, 2.75) is 0 Å². The number of ketones is 1. The summed E-state index contributed by atoms with van der Waals surface area (Å²) in [4.78, 5) is 13.8. The normalized spacial score (nSPS) is 10.8. The Hall–Kier alpha value is -0.900. The lowest BCUT2D eigenvalue weighted by Crippen LogP contribution is -2.29. The van der Waals surface area contributed by atoms with E-state index in [0.717, 1.165) is 6.54 Å². The summed E-state index contributed by atoms with van der Waals surface area (Å²) in [6, 6.07) is 7.10. The van der Waals surface area contributed by atoms with E-state index in [4.69, 9.17) is 16.3 Å². The van der Waals surface area contributed by atoms with Crippen LogP contribution >= 0.6 is 11.6 Å². The summed E-state index contributed by atoms with van der Waals surface area (Å²) >= 11 is 5.94. The number of likely N-dealkylation sites (N-methyl/N-ethyl adjacent to an activating group) is 1. The molecule has 0 heterocycles. The first kappa shape index (κ1) is 13.2. The van der Waals surface area contributed by atoms with E-state index in [0.29, 0.717) is 23.7 Å². The quantitative estimate of drug-likeness (QED) is 0.715. The number of Topliss-reactive ketones (excluding diaryl/α,β-unsaturated/α-hetero) is 1. The summed E-state index contributed by atoms with van der Waals surface area (Å²) in [5, 5.41) is 0.507. The maximum absolute atomic E-state index is 11.9. The average molecular weight is 242 g/mol. The van der Waals surface area contributed by atoms with E-state index in [1.807, 2.05) is 24.1 Å². The molecule has 0 amide bonds. The highest BCUT2D eigenvalue weighted by atomic mass is 35.5. The zero-order valence-electron chi connectivity index (χ0n) is 9.57. The molecule has 0 bridgehead atoms. The van der Waals surface area contributed by atoms with Gasteiger partial charge in [-0.2, -0.15) is 0 Å². The second-order valence-corrected chi connectivity index (χ2v) is 4.04. The molecule has 1 rings (SSSR count). The minimum atomic E-state index is 0.0317. The Balaban J connectivity index is 2.56. The lowest BCUT2D eigenvalue weighted by molar-refractivity contribution is 0.0923. The molecule has 0 aromatic heterocycles. The number of carbonyl (C=O) groups is 1. The van der Waals surface area contributed by atoms with Gasteiger partial charge in [-0.3, -0.25) is 9.69 Å². The van der Waals surface area contributed by atoms with Gasteiger partial charge in [-0.1, -0.05) is 23.7 Å². The fourth-order valence-corrected chi connectivity index (χ4v) is 1.58. The highest BCUT2D eigenvalue weighted by molar-refractivity contribution is 6.34. The van der Waals surface area contributed by atoms with Crippen molar-refractivity contribution in [2.75, 3.05) is 33.9 Å². The Kier molecular flexibility index (Phi) is 5.46. The maximum Gasteiger partial charge on any atom is 0.178 e. The van der Waals surface area contributed by atoms with Crippen molar-refractivity contribution in [1.29, 1.82) is 0 Å². The third kappa shape index (κ3) is 3.93. The number of methoxy groups -OCH3 is 1. The van der Waals surface area contributed by atoms with E-state index in [-0.39, 0.29) is 5.78 Å². The molecule has 0 aliphatic heterocycles. The largest absolute Gasteiger partial charge is 0.383 e. The third-order valence-corrected chi connectivity index (χ3v) is 2.59. The first-order valence-electron chi connectivity index (χ1n) is 5.10. The van der Waals surface area contributed by atoms with E-state index in [9.17, 15) is 4.79 Å². The second-order valence-electron chi connectivity index (χ2n) is 3.63. The number of halogens is 1. The van der Waals surface area contributed by atoms with Crippen LogP contribution in [0.15, 0.2) is 24.3 Å². The fraction of sp³-hybridized carbons (Fsp3) is 0.417. The molecule has 1 aromatic rings. The van der Waals surface area contributed by atoms with Crippen LogP contribution in [-0.2, 0) is 4.74 Å². The molecular formula is C12H16ClNO2. The number of benzene rings is 1. The average Bonchev–Trinajstić information content (AvgIpc) is 2.26. The van der Waals surface area contributed by atoms with Gasteiger partial charge in [0.2, 0.25) is 0 Å². The van der Waals surface area contributed by atoms with Crippen LogP contribution in [0.3, 0.4) is 0 Å². The number of hydrogen-bond donors (Lipinski definition) is 0. The Morgan fingerprint density at radius 1 is 1.44 bits per heavy atom. The number of rotatable bonds is 6. The molecule has 0 saturated carbocycles. The minimum absolute atomic E-state index is 0.0317. The van der Waals surface area contributed by atoms with Gasteiger partial charge in [-0.05, 0) is 19.2 Å². The van der Waals surface area contributed by atoms with Gasteiger partial charge < -0.3 is 4.74 Å². The third-order valence-electron chi connectivity index (χ3n) is 2.26. The van der Waals surface area contributed by atoms with E-state index in [1.165, 1.54) is 0 Å². The van der Waals surface area contributed by atoms with Crippen LogP contribution in [0.5, 0.6) is 0 Å². The van der Waals surface area contributed by atoms with Gasteiger partial charge in [0, 0.05) is 19.2 Å². The SMILES string of the molecule is COCCN(C)CC(=O)c1ccccc1Cl. The summed E-state index contributed by atoms with van der Waals surface area (Å²) in [5.74, 6) is 0.0317. The molecule has 3 nitrogen and oxygen atoms in total. The molecule has 0 atom stereocenters. The van der Waals surface area contributed by atoms with Crippen LogP contribution in [0.4, 0.5) is 0 Å². The molecule has 0 unspecified atom stereocenters. The number of ether oxygens (including phenoxy) is 1. The van der Waals surface area contributed by atoms with E-state index in [1.54, 1.807) is 19.2 Å². The molecule has 1 aromatic carbocycles. The van der Waals surface area contributed by atoms with Crippen molar-refractivity contribution in [2.24, 2.45) is 0 Å². The van der Waals surface area contributed by atoms with Gasteiger partial charge >= 0.3 is 0 Å². The predicted molar refractivity (Wildman–Crippen MR) is 65.2 cm³/mol. The first-order valence-corrected chi connectivity index (χ1v) is 5.48. The molecule has 0 aliphatic rings. The van der Waals surface area contributed by atoms with Crippen molar-refractivity contribution < 1.29 is 9.53 Å². The summed E-state index contributed by atoms with van der Waals surface area (Å²) in [5.41, 5.74) is 0.577. The number of nitrogens with zero attached hydrogens (tertiary/aromatic N) is 1. The Bertz CT molecular complexity index is 355. The van der Waals surface area contributed by atoms with Crippen molar-refractivity contribution in [1.82, 2.24) is 4.90 Å².